The van der Waals surface area contributed by atoms with Crippen LogP contribution in [0.2, 0.25) is 0 Å². The van der Waals surface area contributed by atoms with Crippen LogP contribution >= 0.6 is 11.8 Å². The van der Waals surface area contributed by atoms with Gasteiger partial charge in [-0.15, -0.1) is 0 Å². The van der Waals surface area contributed by atoms with E-state index >= 15 is 0 Å². The number of carbonyl (C=O) groups excluding carboxylic acids is 3. The van der Waals surface area contributed by atoms with E-state index in [-0.39, 0.29) is 24.9 Å². The highest BCUT2D eigenvalue weighted by Gasteiger charge is 2.32. The summed E-state index contributed by atoms with van der Waals surface area (Å²) in [6.07, 6.45) is 4.21. The maximum atomic E-state index is 12.1. The van der Waals surface area contributed by atoms with Gasteiger partial charge in [-0.1, -0.05) is 0 Å². The molecule has 6 nitrogen and oxygen atoms in total. The first-order chi connectivity index (χ1) is 9.11. The summed E-state index contributed by atoms with van der Waals surface area (Å²) in [7, 11) is 0. The Labute approximate surface area is 116 Å². The number of amides is 4. The molecule has 106 valence electrons. The molecule has 19 heavy (non-hydrogen) atoms. The second-order valence-corrected chi connectivity index (χ2v) is 5.85. The third kappa shape index (κ3) is 3.40. The van der Waals surface area contributed by atoms with E-state index in [1.807, 2.05) is 0 Å². The molecule has 0 aliphatic carbocycles. The van der Waals surface area contributed by atoms with Gasteiger partial charge in [-0.25, -0.2) is 4.79 Å². The van der Waals surface area contributed by atoms with Crippen molar-refractivity contribution in [2.45, 2.75) is 12.8 Å². The van der Waals surface area contributed by atoms with Crippen LogP contribution in [0.4, 0.5) is 4.79 Å². The number of nitrogens with zero attached hydrogens (tertiary/aromatic N) is 2. The van der Waals surface area contributed by atoms with Crippen molar-refractivity contribution in [3.05, 3.63) is 0 Å². The monoisotopic (exact) mass is 285 g/mol. The summed E-state index contributed by atoms with van der Waals surface area (Å²) >= 11 is 1.79. The number of rotatable bonds is 4. The molecule has 0 radical (unpaired) electrons. The van der Waals surface area contributed by atoms with Gasteiger partial charge in [-0.2, -0.15) is 11.8 Å². The smallest absolute Gasteiger partial charge is 0.325 e. The summed E-state index contributed by atoms with van der Waals surface area (Å²) in [5.74, 6) is 1.12. The van der Waals surface area contributed by atoms with Gasteiger partial charge >= 0.3 is 6.03 Å². The fraction of sp³-hybridized carbons (Fsp3) is 0.750. The summed E-state index contributed by atoms with van der Waals surface area (Å²) in [5.41, 5.74) is 0. The molecular formula is C12H19N3O3S. The van der Waals surface area contributed by atoms with Gasteiger partial charge < -0.3 is 10.2 Å². The van der Waals surface area contributed by atoms with Crippen LogP contribution in [0.1, 0.15) is 12.8 Å². The Bertz CT molecular complexity index is 370. The zero-order valence-corrected chi connectivity index (χ0v) is 11.9. The zero-order chi connectivity index (χ0) is 13.8. The number of nitrogens with one attached hydrogen (secondary N) is 1. The van der Waals surface area contributed by atoms with E-state index in [4.69, 9.17) is 0 Å². The predicted octanol–water partition coefficient (Wildman–Crippen LogP) is 0.140. The second kappa shape index (κ2) is 6.27. The molecule has 0 spiro atoms. The van der Waals surface area contributed by atoms with E-state index in [1.165, 1.54) is 0 Å². The van der Waals surface area contributed by atoms with Crippen LogP contribution in [0.25, 0.3) is 0 Å². The lowest BCUT2D eigenvalue weighted by Gasteiger charge is -2.33. The molecule has 0 unspecified atom stereocenters. The van der Waals surface area contributed by atoms with Crippen molar-refractivity contribution in [3.63, 3.8) is 0 Å². The van der Waals surface area contributed by atoms with Crippen molar-refractivity contribution >= 4 is 29.6 Å². The molecule has 2 aliphatic heterocycles. The first-order valence-corrected chi connectivity index (χ1v) is 7.86. The molecule has 2 rings (SSSR count). The number of likely N-dealkylation sites (tertiary alicyclic amines) is 1. The van der Waals surface area contributed by atoms with Crippen LogP contribution in [-0.2, 0) is 9.59 Å². The normalized spacial score (nSPS) is 23.7. The SMILES string of the molecule is CSC[C@@H]1CCCN(C(=O)CN2C(=O)CNC2=O)C1. The molecule has 0 aromatic heterocycles. The van der Waals surface area contributed by atoms with E-state index in [0.29, 0.717) is 5.92 Å². The number of hydrogen-bond donors (Lipinski definition) is 1. The number of urea groups is 1. The fourth-order valence-electron chi connectivity index (χ4n) is 2.51. The van der Waals surface area contributed by atoms with Crippen LogP contribution in [0.3, 0.4) is 0 Å². The van der Waals surface area contributed by atoms with Crippen LogP contribution in [0.15, 0.2) is 0 Å². The molecule has 2 saturated heterocycles. The summed E-state index contributed by atoms with van der Waals surface area (Å²) in [6.45, 7) is 1.34. The van der Waals surface area contributed by atoms with Gasteiger partial charge in [-0.05, 0) is 30.8 Å². The molecule has 1 N–H and O–H groups in total. The van der Waals surface area contributed by atoms with Crippen LogP contribution in [0.5, 0.6) is 0 Å². The fourth-order valence-corrected chi connectivity index (χ4v) is 3.26. The maximum absolute atomic E-state index is 12.1. The number of thioether (sulfide) groups is 1. The van der Waals surface area contributed by atoms with Gasteiger partial charge in [0.25, 0.3) is 5.91 Å². The van der Waals surface area contributed by atoms with E-state index in [9.17, 15) is 14.4 Å². The Hall–Kier alpha value is -1.24. The Kier molecular flexibility index (Phi) is 4.68. The molecule has 4 amide bonds. The third-order valence-electron chi connectivity index (χ3n) is 3.50. The number of carbonyl (C=O) groups is 3. The van der Waals surface area contributed by atoms with Crippen molar-refractivity contribution in [2.75, 3.05) is 38.2 Å². The molecule has 0 saturated carbocycles. The maximum Gasteiger partial charge on any atom is 0.325 e. The van der Waals surface area contributed by atoms with Crippen molar-refractivity contribution in [1.82, 2.24) is 15.1 Å². The number of piperidine rings is 1. The van der Waals surface area contributed by atoms with Crippen molar-refractivity contribution in [3.8, 4) is 0 Å². The van der Waals surface area contributed by atoms with Gasteiger partial charge in [0.1, 0.15) is 6.54 Å². The van der Waals surface area contributed by atoms with Gasteiger partial charge in [0.05, 0.1) is 6.54 Å². The second-order valence-electron chi connectivity index (χ2n) is 4.94. The highest BCUT2D eigenvalue weighted by atomic mass is 32.2. The van der Waals surface area contributed by atoms with E-state index < -0.39 is 6.03 Å². The molecular weight excluding hydrogens is 266 g/mol. The first-order valence-electron chi connectivity index (χ1n) is 6.46. The highest BCUT2D eigenvalue weighted by molar-refractivity contribution is 7.98. The van der Waals surface area contributed by atoms with E-state index in [0.717, 1.165) is 36.6 Å². The molecule has 7 heteroatoms. The molecule has 2 fully saturated rings. The van der Waals surface area contributed by atoms with Crippen molar-refractivity contribution in [1.29, 1.82) is 0 Å². The van der Waals surface area contributed by atoms with Crippen molar-refractivity contribution in [2.24, 2.45) is 5.92 Å². The molecule has 2 heterocycles. The first kappa shape index (κ1) is 14.2. The Balaban J connectivity index is 1.88. The van der Waals surface area contributed by atoms with Gasteiger partial charge in [0.2, 0.25) is 5.91 Å². The number of imide groups is 1. The minimum atomic E-state index is -0.462. The standard InChI is InChI=1S/C12H19N3O3S/c1-19-8-9-3-2-4-14(6-9)11(17)7-15-10(16)5-13-12(15)18/h9H,2-8H2,1H3,(H,13,18)/t9-/m1/s1. The summed E-state index contributed by atoms with van der Waals surface area (Å²) < 4.78 is 0. The summed E-state index contributed by atoms with van der Waals surface area (Å²) in [5, 5.41) is 2.42. The Morgan fingerprint density at radius 3 is 2.89 bits per heavy atom. The van der Waals surface area contributed by atoms with Crippen LogP contribution in [0, 0.1) is 5.92 Å². The van der Waals surface area contributed by atoms with Crippen molar-refractivity contribution < 1.29 is 14.4 Å². The third-order valence-corrected chi connectivity index (χ3v) is 4.31. The van der Waals surface area contributed by atoms with E-state index in [1.54, 1.807) is 16.7 Å². The van der Waals surface area contributed by atoms with Crippen LogP contribution in [-0.4, -0.2) is 65.8 Å². The van der Waals surface area contributed by atoms with Gasteiger partial charge in [-0.3, -0.25) is 14.5 Å². The number of hydrogen-bond acceptors (Lipinski definition) is 4. The average molecular weight is 285 g/mol. The Morgan fingerprint density at radius 2 is 2.26 bits per heavy atom. The minimum Gasteiger partial charge on any atom is -0.341 e. The lowest BCUT2D eigenvalue weighted by Crippen LogP contribution is -2.47. The average Bonchev–Trinajstić information content (AvgIpc) is 2.71. The minimum absolute atomic E-state index is 0.00120. The Morgan fingerprint density at radius 1 is 1.47 bits per heavy atom. The molecule has 2 aliphatic rings. The summed E-state index contributed by atoms with van der Waals surface area (Å²) in [6, 6.07) is -0.462. The van der Waals surface area contributed by atoms with Crippen LogP contribution < -0.4 is 5.32 Å². The predicted molar refractivity (Wildman–Crippen MR) is 72.8 cm³/mol. The highest BCUT2D eigenvalue weighted by Crippen LogP contribution is 2.20. The van der Waals surface area contributed by atoms with E-state index in [2.05, 4.69) is 11.6 Å². The summed E-state index contributed by atoms with van der Waals surface area (Å²) in [4.78, 5) is 37.7. The molecule has 0 bridgehead atoms. The topological polar surface area (TPSA) is 69.7 Å². The lowest BCUT2D eigenvalue weighted by atomic mass is 10.00. The molecule has 1 atom stereocenters. The van der Waals surface area contributed by atoms with Gasteiger partial charge in [0.15, 0.2) is 0 Å². The lowest BCUT2D eigenvalue weighted by molar-refractivity contribution is -0.137. The molecule has 0 aromatic carbocycles. The zero-order valence-electron chi connectivity index (χ0n) is 11.1. The van der Waals surface area contributed by atoms with Gasteiger partial charge in [0, 0.05) is 13.1 Å². The quantitative estimate of drug-likeness (QED) is 0.746. The largest absolute Gasteiger partial charge is 0.341 e. The molecule has 0 aromatic rings.